The molecule has 0 aliphatic rings. The van der Waals surface area contributed by atoms with Crippen LogP contribution in [0, 0.1) is 11.3 Å². The molecule has 2 rings (SSSR count). The molecule has 4 nitrogen and oxygen atoms in total. The minimum atomic E-state index is -0.283. The predicted octanol–water partition coefficient (Wildman–Crippen LogP) is 3.99. The summed E-state index contributed by atoms with van der Waals surface area (Å²) < 4.78 is 5.67. The van der Waals surface area contributed by atoms with Crippen LogP contribution in [0.2, 0.25) is 0 Å². The molecule has 22 heavy (non-hydrogen) atoms. The second-order valence-electron chi connectivity index (χ2n) is 4.81. The molecule has 0 unspecified atom stereocenters. The van der Waals surface area contributed by atoms with Crippen molar-refractivity contribution in [2.24, 2.45) is 0 Å². The minimum Gasteiger partial charge on any atom is -0.493 e. The first-order valence-corrected chi connectivity index (χ1v) is 7.28. The number of amides is 1. The molecule has 0 atom stereocenters. The molecule has 0 aliphatic heterocycles. The average molecular weight is 294 g/mol. The van der Waals surface area contributed by atoms with Crippen molar-refractivity contribution in [3.63, 3.8) is 0 Å². The second kappa shape index (κ2) is 7.84. The van der Waals surface area contributed by atoms with Crippen LogP contribution >= 0.6 is 0 Å². The van der Waals surface area contributed by atoms with Crippen LogP contribution in [0.1, 0.15) is 35.7 Å². The Morgan fingerprint density at radius 1 is 1.18 bits per heavy atom. The van der Waals surface area contributed by atoms with Crippen LogP contribution < -0.4 is 10.1 Å². The molecule has 0 radical (unpaired) electrons. The summed E-state index contributed by atoms with van der Waals surface area (Å²) in [6.45, 7) is 2.66. The number of para-hydroxylation sites is 2. The predicted molar refractivity (Wildman–Crippen MR) is 86.0 cm³/mol. The van der Waals surface area contributed by atoms with E-state index in [1.54, 1.807) is 42.5 Å². The zero-order chi connectivity index (χ0) is 15.8. The van der Waals surface area contributed by atoms with Gasteiger partial charge in [-0.3, -0.25) is 4.79 Å². The summed E-state index contributed by atoms with van der Waals surface area (Å²) in [5, 5.41) is 11.8. The molecule has 2 aromatic carbocycles. The van der Waals surface area contributed by atoms with Gasteiger partial charge in [-0.25, -0.2) is 0 Å². The third kappa shape index (κ3) is 3.86. The Morgan fingerprint density at radius 3 is 2.68 bits per heavy atom. The van der Waals surface area contributed by atoms with E-state index in [4.69, 9.17) is 10.00 Å². The Bertz CT molecular complexity index is 689. The highest BCUT2D eigenvalue weighted by Crippen LogP contribution is 2.21. The highest BCUT2D eigenvalue weighted by molar-refractivity contribution is 6.06. The van der Waals surface area contributed by atoms with Crippen molar-refractivity contribution < 1.29 is 9.53 Å². The first kappa shape index (κ1) is 15.6. The molecule has 0 fully saturated rings. The van der Waals surface area contributed by atoms with E-state index in [2.05, 4.69) is 18.3 Å². The van der Waals surface area contributed by atoms with Crippen molar-refractivity contribution in [3.8, 4) is 11.8 Å². The van der Waals surface area contributed by atoms with Crippen molar-refractivity contribution in [1.29, 1.82) is 5.26 Å². The minimum absolute atomic E-state index is 0.283. The number of hydrogen-bond donors (Lipinski definition) is 1. The molecule has 112 valence electrons. The lowest BCUT2D eigenvalue weighted by Gasteiger charge is -2.12. The van der Waals surface area contributed by atoms with Gasteiger partial charge in [-0.1, -0.05) is 37.6 Å². The zero-order valence-electron chi connectivity index (χ0n) is 12.5. The Morgan fingerprint density at radius 2 is 1.91 bits per heavy atom. The molecular formula is C18H18N2O2. The number of ether oxygens (including phenoxy) is 1. The van der Waals surface area contributed by atoms with Gasteiger partial charge in [0.05, 0.1) is 23.4 Å². The van der Waals surface area contributed by atoms with Crippen molar-refractivity contribution in [2.45, 2.75) is 19.8 Å². The van der Waals surface area contributed by atoms with E-state index in [1.807, 2.05) is 6.07 Å². The van der Waals surface area contributed by atoms with Gasteiger partial charge < -0.3 is 10.1 Å². The number of anilines is 1. The van der Waals surface area contributed by atoms with Crippen LogP contribution in [0.15, 0.2) is 48.5 Å². The first-order valence-electron chi connectivity index (χ1n) is 7.28. The summed E-state index contributed by atoms with van der Waals surface area (Å²) in [5.74, 6) is 0.276. The van der Waals surface area contributed by atoms with Gasteiger partial charge in [0, 0.05) is 0 Å². The van der Waals surface area contributed by atoms with Gasteiger partial charge in [0.25, 0.3) is 5.91 Å². The number of rotatable bonds is 6. The van der Waals surface area contributed by atoms with E-state index in [0.717, 1.165) is 12.8 Å². The van der Waals surface area contributed by atoms with Crippen LogP contribution in [0.4, 0.5) is 5.69 Å². The quantitative estimate of drug-likeness (QED) is 0.819. The van der Waals surface area contributed by atoms with E-state index < -0.39 is 0 Å². The van der Waals surface area contributed by atoms with Crippen molar-refractivity contribution in [3.05, 3.63) is 59.7 Å². The number of nitrogens with zero attached hydrogens (tertiary/aromatic N) is 1. The van der Waals surface area contributed by atoms with Gasteiger partial charge in [-0.15, -0.1) is 0 Å². The second-order valence-corrected chi connectivity index (χ2v) is 4.81. The Balaban J connectivity index is 2.17. The largest absolute Gasteiger partial charge is 0.493 e. The van der Waals surface area contributed by atoms with Gasteiger partial charge >= 0.3 is 0 Å². The van der Waals surface area contributed by atoms with Gasteiger partial charge in [0.2, 0.25) is 0 Å². The number of unbranched alkanes of at least 4 members (excludes halogenated alkanes) is 1. The van der Waals surface area contributed by atoms with Crippen LogP contribution in [-0.2, 0) is 0 Å². The highest BCUT2D eigenvalue weighted by atomic mass is 16.5. The fourth-order valence-electron chi connectivity index (χ4n) is 1.99. The molecule has 0 bridgehead atoms. The average Bonchev–Trinajstić information content (AvgIpc) is 2.56. The van der Waals surface area contributed by atoms with Crippen molar-refractivity contribution >= 4 is 11.6 Å². The van der Waals surface area contributed by atoms with Crippen LogP contribution in [-0.4, -0.2) is 12.5 Å². The van der Waals surface area contributed by atoms with Gasteiger partial charge in [-0.2, -0.15) is 5.26 Å². The zero-order valence-corrected chi connectivity index (χ0v) is 12.5. The van der Waals surface area contributed by atoms with E-state index in [0.29, 0.717) is 29.2 Å². The Labute approximate surface area is 130 Å². The molecule has 0 aromatic heterocycles. The first-order chi connectivity index (χ1) is 10.8. The van der Waals surface area contributed by atoms with Crippen LogP contribution in [0.25, 0.3) is 0 Å². The van der Waals surface area contributed by atoms with E-state index in [1.165, 1.54) is 0 Å². The number of carbonyl (C=O) groups is 1. The topological polar surface area (TPSA) is 62.1 Å². The summed E-state index contributed by atoms with van der Waals surface area (Å²) in [4.78, 5) is 12.4. The normalized spacial score (nSPS) is 9.82. The van der Waals surface area contributed by atoms with Crippen molar-refractivity contribution in [2.75, 3.05) is 11.9 Å². The van der Waals surface area contributed by atoms with Crippen molar-refractivity contribution in [1.82, 2.24) is 0 Å². The van der Waals surface area contributed by atoms with Crippen LogP contribution in [0.5, 0.6) is 5.75 Å². The fourth-order valence-corrected chi connectivity index (χ4v) is 1.99. The number of carbonyl (C=O) groups excluding carboxylic acids is 1. The summed E-state index contributed by atoms with van der Waals surface area (Å²) in [6.07, 6.45) is 1.97. The molecule has 0 heterocycles. The van der Waals surface area contributed by atoms with E-state index in [-0.39, 0.29) is 5.91 Å². The molecule has 0 saturated carbocycles. The summed E-state index contributed by atoms with van der Waals surface area (Å²) in [6, 6.07) is 16.1. The Kier molecular flexibility index (Phi) is 5.56. The Hall–Kier alpha value is -2.80. The lowest BCUT2D eigenvalue weighted by atomic mass is 10.1. The van der Waals surface area contributed by atoms with E-state index in [9.17, 15) is 4.79 Å². The molecule has 0 aliphatic carbocycles. The molecule has 4 heteroatoms. The maximum absolute atomic E-state index is 12.4. The molecule has 0 spiro atoms. The number of benzene rings is 2. The maximum Gasteiger partial charge on any atom is 0.259 e. The molecule has 2 aromatic rings. The number of nitriles is 1. The smallest absolute Gasteiger partial charge is 0.259 e. The van der Waals surface area contributed by atoms with Gasteiger partial charge in [0.15, 0.2) is 0 Å². The number of hydrogen-bond acceptors (Lipinski definition) is 3. The summed E-state index contributed by atoms with van der Waals surface area (Å²) in [7, 11) is 0. The monoisotopic (exact) mass is 294 g/mol. The lowest BCUT2D eigenvalue weighted by molar-refractivity contribution is 0.102. The van der Waals surface area contributed by atoms with Crippen LogP contribution in [0.3, 0.4) is 0 Å². The van der Waals surface area contributed by atoms with E-state index >= 15 is 0 Å². The summed E-state index contributed by atoms with van der Waals surface area (Å²) >= 11 is 0. The lowest BCUT2D eigenvalue weighted by Crippen LogP contribution is -2.14. The third-order valence-electron chi connectivity index (χ3n) is 3.18. The fraction of sp³-hybridized carbons (Fsp3) is 0.222. The molecule has 1 N–H and O–H groups in total. The number of nitrogens with one attached hydrogen (secondary N) is 1. The maximum atomic E-state index is 12.4. The summed E-state index contributed by atoms with van der Waals surface area (Å²) in [5.41, 5.74) is 1.39. The van der Waals surface area contributed by atoms with Gasteiger partial charge in [0.1, 0.15) is 11.8 Å². The standard InChI is InChI=1S/C18H18N2O2/c1-2-3-12-22-17-11-7-5-9-15(17)18(21)20-16-10-6-4-8-14(16)13-19/h4-11H,2-3,12H2,1H3,(H,20,21). The highest BCUT2D eigenvalue weighted by Gasteiger charge is 2.13. The molecular weight excluding hydrogens is 276 g/mol. The SMILES string of the molecule is CCCCOc1ccccc1C(=O)Nc1ccccc1C#N. The third-order valence-corrected chi connectivity index (χ3v) is 3.18. The molecule has 1 amide bonds. The van der Waals surface area contributed by atoms with Gasteiger partial charge in [-0.05, 0) is 30.7 Å². The molecule has 0 saturated heterocycles.